The lowest BCUT2D eigenvalue weighted by Crippen LogP contribution is -2.48. The van der Waals surface area contributed by atoms with Crippen LogP contribution in [0.5, 0.6) is 0 Å². The molecule has 3 aromatic carbocycles. The summed E-state index contributed by atoms with van der Waals surface area (Å²) in [4.78, 5) is 22.0. The first kappa shape index (κ1) is 22.1. The molecule has 1 aromatic heterocycles. The predicted octanol–water partition coefficient (Wildman–Crippen LogP) is 5.00. The first-order valence-electron chi connectivity index (χ1n) is 12.1. The van der Waals surface area contributed by atoms with Gasteiger partial charge < -0.3 is 14.6 Å². The zero-order chi connectivity index (χ0) is 24.6. The molecule has 1 unspecified atom stereocenters. The molecule has 7 heteroatoms. The number of carbonyl (C=O) groups is 1. The van der Waals surface area contributed by atoms with Crippen LogP contribution in [-0.2, 0) is 0 Å². The van der Waals surface area contributed by atoms with Gasteiger partial charge in [-0.2, -0.15) is 5.26 Å². The summed E-state index contributed by atoms with van der Waals surface area (Å²) in [5.41, 5.74) is 6.86. The van der Waals surface area contributed by atoms with Crippen LogP contribution in [0.4, 0.5) is 11.4 Å². The van der Waals surface area contributed by atoms with Gasteiger partial charge in [0.25, 0.3) is 5.91 Å². The van der Waals surface area contributed by atoms with Crippen LogP contribution in [0.15, 0.2) is 77.4 Å². The molecule has 2 aliphatic rings. The summed E-state index contributed by atoms with van der Waals surface area (Å²) in [5, 5.41) is 13.0. The molecule has 1 saturated heterocycles. The number of nitriles is 1. The van der Waals surface area contributed by atoms with Crippen LogP contribution in [0, 0.1) is 18.3 Å². The van der Waals surface area contributed by atoms with Gasteiger partial charge in [-0.25, -0.2) is 4.98 Å². The molecular weight excluding hydrogens is 450 g/mol. The highest BCUT2D eigenvalue weighted by molar-refractivity contribution is 6.07. The van der Waals surface area contributed by atoms with Gasteiger partial charge in [0.05, 0.1) is 17.3 Å². The van der Waals surface area contributed by atoms with E-state index in [0.717, 1.165) is 59.9 Å². The molecule has 3 heterocycles. The largest absolute Gasteiger partial charge is 0.449 e. The Morgan fingerprint density at radius 2 is 1.75 bits per heavy atom. The molecular formula is C29H25N5O2. The lowest BCUT2D eigenvalue weighted by atomic mass is 9.93. The van der Waals surface area contributed by atoms with Gasteiger partial charge in [0.1, 0.15) is 18.0 Å². The second-order valence-corrected chi connectivity index (χ2v) is 9.15. The third-order valence-corrected chi connectivity index (χ3v) is 7.06. The second-order valence-electron chi connectivity index (χ2n) is 9.15. The van der Waals surface area contributed by atoms with Gasteiger partial charge in [0, 0.05) is 49.9 Å². The Hall–Kier alpha value is -4.41. The molecule has 7 nitrogen and oxygen atoms in total. The molecule has 2 aliphatic heterocycles. The van der Waals surface area contributed by atoms with Crippen LogP contribution in [0.2, 0.25) is 0 Å². The summed E-state index contributed by atoms with van der Waals surface area (Å²) in [6, 6.07) is 24.2. The normalized spacial score (nSPS) is 17.5. The number of amides is 1. The first-order valence-corrected chi connectivity index (χ1v) is 12.1. The van der Waals surface area contributed by atoms with Crippen molar-refractivity contribution in [1.82, 2.24) is 9.88 Å². The van der Waals surface area contributed by atoms with Gasteiger partial charge in [-0.1, -0.05) is 42.5 Å². The summed E-state index contributed by atoms with van der Waals surface area (Å²) < 4.78 is 5.34. The maximum absolute atomic E-state index is 13.0. The second kappa shape index (κ2) is 8.99. The molecule has 0 spiro atoms. The predicted molar refractivity (Wildman–Crippen MR) is 138 cm³/mol. The number of fused-ring (bicyclic) bond motifs is 2. The highest BCUT2D eigenvalue weighted by atomic mass is 16.3. The monoisotopic (exact) mass is 475 g/mol. The number of nitrogens with one attached hydrogen (secondary N) is 1. The van der Waals surface area contributed by atoms with Crippen molar-refractivity contribution < 1.29 is 9.21 Å². The van der Waals surface area contributed by atoms with Crippen molar-refractivity contribution >= 4 is 17.3 Å². The standard InChI is InChI=1S/C29H25N5O2/c1-19-31-26(18-36-19)20-10-11-27(21(16-20)17-30)33-12-14-34(15-13-33)28-22-6-2-3-7-23(22)29(35)32-25-9-5-4-8-24(25)28/h2-11,16,18,28H,12-15H2,1H3,(H,32,35). The lowest BCUT2D eigenvalue weighted by Gasteiger charge is -2.41. The Morgan fingerprint density at radius 1 is 1.00 bits per heavy atom. The van der Waals surface area contributed by atoms with E-state index < -0.39 is 0 Å². The molecule has 6 rings (SSSR count). The summed E-state index contributed by atoms with van der Waals surface area (Å²) in [6.07, 6.45) is 1.62. The number of piperazine rings is 1. The average Bonchev–Trinajstić information content (AvgIpc) is 3.31. The van der Waals surface area contributed by atoms with Crippen LogP contribution >= 0.6 is 0 Å². The SMILES string of the molecule is Cc1nc(-c2ccc(N3CCN(C4c5ccccc5NC(=O)c5ccccc54)CC3)c(C#N)c2)co1. The Bertz CT molecular complexity index is 1490. The van der Waals surface area contributed by atoms with E-state index in [1.54, 1.807) is 13.2 Å². The van der Waals surface area contributed by atoms with Gasteiger partial charge in [-0.05, 0) is 35.4 Å². The Morgan fingerprint density at radius 3 is 2.50 bits per heavy atom. The average molecular weight is 476 g/mol. The third kappa shape index (κ3) is 3.82. The van der Waals surface area contributed by atoms with Crippen LogP contribution in [0.25, 0.3) is 11.3 Å². The van der Waals surface area contributed by atoms with Crippen LogP contribution < -0.4 is 10.2 Å². The zero-order valence-corrected chi connectivity index (χ0v) is 19.9. The number of oxazole rings is 1. The van der Waals surface area contributed by atoms with E-state index in [-0.39, 0.29) is 11.9 Å². The molecule has 4 aromatic rings. The van der Waals surface area contributed by atoms with E-state index in [9.17, 15) is 10.1 Å². The maximum atomic E-state index is 13.0. The highest BCUT2D eigenvalue weighted by Gasteiger charge is 2.33. The van der Waals surface area contributed by atoms with Crippen molar-refractivity contribution in [2.75, 3.05) is 36.4 Å². The minimum Gasteiger partial charge on any atom is -0.449 e. The molecule has 1 atom stereocenters. The summed E-state index contributed by atoms with van der Waals surface area (Å²) in [7, 11) is 0. The van der Waals surface area contributed by atoms with Gasteiger partial charge in [0.15, 0.2) is 5.89 Å². The maximum Gasteiger partial charge on any atom is 0.256 e. The Labute approximate surface area is 209 Å². The fourth-order valence-electron chi connectivity index (χ4n) is 5.32. The van der Waals surface area contributed by atoms with Crippen molar-refractivity contribution in [1.29, 1.82) is 5.26 Å². The van der Waals surface area contributed by atoms with E-state index in [2.05, 4.69) is 38.3 Å². The minimum absolute atomic E-state index is 0.0216. The number of benzene rings is 3. The molecule has 178 valence electrons. The van der Waals surface area contributed by atoms with Gasteiger partial charge in [-0.3, -0.25) is 9.69 Å². The third-order valence-electron chi connectivity index (χ3n) is 7.06. The smallest absolute Gasteiger partial charge is 0.256 e. The highest BCUT2D eigenvalue weighted by Crippen LogP contribution is 2.39. The molecule has 0 bridgehead atoms. The molecule has 1 fully saturated rings. The van der Waals surface area contributed by atoms with Crippen molar-refractivity contribution in [3.05, 3.63) is 101 Å². The number of hydrogen-bond acceptors (Lipinski definition) is 6. The van der Waals surface area contributed by atoms with Crippen molar-refractivity contribution in [2.24, 2.45) is 0 Å². The van der Waals surface area contributed by atoms with Gasteiger partial charge >= 0.3 is 0 Å². The van der Waals surface area contributed by atoms with Gasteiger partial charge in [0.2, 0.25) is 0 Å². The van der Waals surface area contributed by atoms with E-state index in [1.165, 1.54) is 0 Å². The number of rotatable bonds is 3. The number of hydrogen-bond donors (Lipinski definition) is 1. The molecule has 0 saturated carbocycles. The van der Waals surface area contributed by atoms with E-state index in [1.807, 2.05) is 54.6 Å². The van der Waals surface area contributed by atoms with Crippen molar-refractivity contribution in [3.63, 3.8) is 0 Å². The first-order chi connectivity index (χ1) is 17.6. The molecule has 1 N–H and O–H groups in total. The number of nitrogens with zero attached hydrogens (tertiary/aromatic N) is 4. The van der Waals surface area contributed by atoms with Crippen LogP contribution in [0.1, 0.15) is 39.0 Å². The Kier molecular flexibility index (Phi) is 5.51. The van der Waals surface area contributed by atoms with E-state index in [0.29, 0.717) is 17.0 Å². The summed E-state index contributed by atoms with van der Waals surface area (Å²) in [6.45, 7) is 4.96. The lowest BCUT2D eigenvalue weighted by molar-refractivity contribution is 0.102. The molecule has 0 radical (unpaired) electrons. The molecule has 36 heavy (non-hydrogen) atoms. The molecule has 1 amide bonds. The topological polar surface area (TPSA) is 85.4 Å². The van der Waals surface area contributed by atoms with Crippen molar-refractivity contribution in [3.8, 4) is 17.3 Å². The fourth-order valence-corrected chi connectivity index (χ4v) is 5.32. The fraction of sp³-hybridized carbons (Fsp3) is 0.207. The number of aromatic nitrogens is 1. The number of carbonyl (C=O) groups excluding carboxylic acids is 1. The minimum atomic E-state index is -0.0692. The quantitative estimate of drug-likeness (QED) is 0.449. The zero-order valence-electron chi connectivity index (χ0n) is 19.9. The van der Waals surface area contributed by atoms with E-state index in [4.69, 9.17) is 4.42 Å². The Balaban J connectivity index is 1.28. The number of anilines is 2. The number of para-hydroxylation sites is 1. The van der Waals surface area contributed by atoms with Crippen LogP contribution in [-0.4, -0.2) is 42.0 Å². The number of aryl methyl sites for hydroxylation is 1. The van der Waals surface area contributed by atoms with Crippen molar-refractivity contribution in [2.45, 2.75) is 13.0 Å². The van der Waals surface area contributed by atoms with Gasteiger partial charge in [-0.15, -0.1) is 0 Å². The van der Waals surface area contributed by atoms with E-state index >= 15 is 0 Å². The molecule has 0 aliphatic carbocycles. The summed E-state index contributed by atoms with van der Waals surface area (Å²) >= 11 is 0. The van der Waals surface area contributed by atoms with Crippen LogP contribution in [0.3, 0.4) is 0 Å². The summed E-state index contributed by atoms with van der Waals surface area (Å²) in [5.74, 6) is 0.530.